The Hall–Kier alpha value is -1.84. The molecule has 1 N–H and O–H groups in total. The zero-order valence-corrected chi connectivity index (χ0v) is 10.2. The predicted molar refractivity (Wildman–Crippen MR) is 66.2 cm³/mol. The molecule has 0 saturated heterocycles. The van der Waals surface area contributed by atoms with E-state index >= 15 is 0 Å². The van der Waals surface area contributed by atoms with Gasteiger partial charge in [-0.1, -0.05) is 0 Å². The first-order valence-electron chi connectivity index (χ1n) is 5.64. The summed E-state index contributed by atoms with van der Waals surface area (Å²) in [6.07, 6.45) is 0.505. The number of anilines is 1. The van der Waals surface area contributed by atoms with Crippen LogP contribution in [0.5, 0.6) is 5.75 Å². The second-order valence-corrected chi connectivity index (χ2v) is 3.71. The minimum atomic E-state index is -0.149. The van der Waals surface area contributed by atoms with E-state index in [0.29, 0.717) is 12.3 Å². The number of ketones is 1. The summed E-state index contributed by atoms with van der Waals surface area (Å²) in [5.74, 6) is 0.644. The lowest BCUT2D eigenvalue weighted by Gasteiger charge is -2.06. The number of hydrogen-bond acceptors (Lipinski definition) is 3. The molecule has 0 atom stereocenters. The minimum absolute atomic E-state index is 0.0202. The fourth-order valence-corrected chi connectivity index (χ4v) is 1.31. The van der Waals surface area contributed by atoms with Crippen LogP contribution in [0.4, 0.5) is 5.69 Å². The van der Waals surface area contributed by atoms with Crippen LogP contribution in [0.15, 0.2) is 24.3 Å². The van der Waals surface area contributed by atoms with Crippen LogP contribution < -0.4 is 10.1 Å². The van der Waals surface area contributed by atoms with Gasteiger partial charge in [0.25, 0.3) is 0 Å². The number of carbonyl (C=O) groups is 2. The quantitative estimate of drug-likeness (QED) is 0.823. The Labute approximate surface area is 101 Å². The molecule has 0 bridgehead atoms. The molecular weight excluding hydrogens is 218 g/mol. The van der Waals surface area contributed by atoms with Crippen molar-refractivity contribution in [3.63, 3.8) is 0 Å². The van der Waals surface area contributed by atoms with Crippen LogP contribution in [0, 0.1) is 0 Å². The van der Waals surface area contributed by atoms with Crippen molar-refractivity contribution in [1.29, 1.82) is 0 Å². The summed E-state index contributed by atoms with van der Waals surface area (Å²) in [7, 11) is 0. The third kappa shape index (κ3) is 5.15. The lowest BCUT2D eigenvalue weighted by Crippen LogP contribution is -2.12. The van der Waals surface area contributed by atoms with Crippen molar-refractivity contribution in [2.75, 3.05) is 11.9 Å². The molecule has 1 amide bonds. The lowest BCUT2D eigenvalue weighted by atomic mass is 10.2. The van der Waals surface area contributed by atoms with Crippen LogP contribution in [-0.4, -0.2) is 18.3 Å². The molecule has 0 aliphatic rings. The maximum absolute atomic E-state index is 11.4. The van der Waals surface area contributed by atoms with Crippen LogP contribution in [-0.2, 0) is 9.59 Å². The number of amides is 1. The van der Waals surface area contributed by atoms with Crippen molar-refractivity contribution in [3.05, 3.63) is 24.3 Å². The Morgan fingerprint density at radius 2 is 1.82 bits per heavy atom. The van der Waals surface area contributed by atoms with Crippen molar-refractivity contribution in [1.82, 2.24) is 0 Å². The smallest absolute Gasteiger partial charge is 0.224 e. The maximum Gasteiger partial charge on any atom is 0.224 e. The fourth-order valence-electron chi connectivity index (χ4n) is 1.31. The van der Waals surface area contributed by atoms with Gasteiger partial charge in [-0.05, 0) is 38.1 Å². The first-order chi connectivity index (χ1) is 8.11. The number of benzene rings is 1. The van der Waals surface area contributed by atoms with E-state index in [4.69, 9.17) is 4.74 Å². The molecule has 0 radical (unpaired) electrons. The van der Waals surface area contributed by atoms with E-state index in [1.54, 1.807) is 24.3 Å². The molecule has 0 spiro atoms. The van der Waals surface area contributed by atoms with Gasteiger partial charge in [-0.25, -0.2) is 0 Å². The number of nitrogens with one attached hydrogen (secondary N) is 1. The highest BCUT2D eigenvalue weighted by Crippen LogP contribution is 2.15. The highest BCUT2D eigenvalue weighted by molar-refractivity contribution is 5.93. The summed E-state index contributed by atoms with van der Waals surface area (Å²) in [5, 5.41) is 2.72. The third-order valence-corrected chi connectivity index (χ3v) is 2.15. The highest BCUT2D eigenvalue weighted by atomic mass is 16.5. The van der Waals surface area contributed by atoms with Gasteiger partial charge in [0.1, 0.15) is 11.5 Å². The van der Waals surface area contributed by atoms with Crippen molar-refractivity contribution in [3.8, 4) is 5.75 Å². The van der Waals surface area contributed by atoms with Gasteiger partial charge in [0.05, 0.1) is 6.61 Å². The highest BCUT2D eigenvalue weighted by Gasteiger charge is 2.04. The normalized spacial score (nSPS) is 9.76. The van der Waals surface area contributed by atoms with Crippen LogP contribution in [0.1, 0.15) is 26.7 Å². The largest absolute Gasteiger partial charge is 0.494 e. The van der Waals surface area contributed by atoms with Gasteiger partial charge in [-0.15, -0.1) is 0 Å². The van der Waals surface area contributed by atoms with Gasteiger partial charge < -0.3 is 14.8 Å². The monoisotopic (exact) mass is 235 g/mol. The Morgan fingerprint density at radius 3 is 2.35 bits per heavy atom. The summed E-state index contributed by atoms with van der Waals surface area (Å²) in [5.41, 5.74) is 0.710. The summed E-state index contributed by atoms with van der Waals surface area (Å²) >= 11 is 0. The maximum atomic E-state index is 11.4. The average Bonchev–Trinajstić information content (AvgIpc) is 2.29. The van der Waals surface area contributed by atoms with Crippen molar-refractivity contribution >= 4 is 17.4 Å². The van der Waals surface area contributed by atoms with Gasteiger partial charge in [-0.2, -0.15) is 0 Å². The summed E-state index contributed by atoms with van der Waals surface area (Å²) in [6.45, 7) is 4.01. The number of hydrogen-bond donors (Lipinski definition) is 1. The first-order valence-corrected chi connectivity index (χ1v) is 5.64. The van der Waals surface area contributed by atoms with Gasteiger partial charge in [-0.3, -0.25) is 4.79 Å². The van der Waals surface area contributed by atoms with Crippen molar-refractivity contribution < 1.29 is 14.3 Å². The zero-order valence-electron chi connectivity index (χ0n) is 10.2. The van der Waals surface area contributed by atoms with Gasteiger partial charge in [0.2, 0.25) is 5.91 Å². The molecule has 4 nitrogen and oxygen atoms in total. The van der Waals surface area contributed by atoms with Gasteiger partial charge in [0.15, 0.2) is 0 Å². The Balaban J connectivity index is 2.45. The molecule has 0 aliphatic heterocycles. The van der Waals surface area contributed by atoms with E-state index in [0.717, 1.165) is 5.75 Å². The van der Waals surface area contributed by atoms with E-state index in [2.05, 4.69) is 5.32 Å². The van der Waals surface area contributed by atoms with Crippen molar-refractivity contribution in [2.24, 2.45) is 0 Å². The predicted octanol–water partition coefficient (Wildman–Crippen LogP) is 2.39. The van der Waals surface area contributed by atoms with Crippen LogP contribution >= 0.6 is 0 Å². The molecular formula is C13H17NO3. The Kier molecular flexibility index (Phi) is 5.20. The number of ether oxygens (including phenoxy) is 1. The molecule has 0 aromatic heterocycles. The number of carbonyl (C=O) groups excluding carboxylic acids is 2. The van der Waals surface area contributed by atoms with E-state index in [-0.39, 0.29) is 24.5 Å². The molecule has 1 aromatic rings. The molecule has 4 heteroatoms. The standard InChI is InChI=1S/C13H17NO3/c1-3-17-12-7-5-11(6-8-12)14-13(16)9-4-10(2)15/h5-8H,3-4,9H2,1-2H3,(H,14,16). The molecule has 0 saturated carbocycles. The van der Waals surface area contributed by atoms with E-state index in [1.807, 2.05) is 6.92 Å². The second-order valence-electron chi connectivity index (χ2n) is 3.71. The molecule has 0 aliphatic carbocycles. The van der Waals surface area contributed by atoms with Crippen molar-refractivity contribution in [2.45, 2.75) is 26.7 Å². The average molecular weight is 235 g/mol. The SMILES string of the molecule is CCOc1ccc(NC(=O)CCC(C)=O)cc1. The minimum Gasteiger partial charge on any atom is -0.494 e. The first kappa shape index (κ1) is 13.2. The molecule has 0 fully saturated rings. The molecule has 1 aromatic carbocycles. The zero-order chi connectivity index (χ0) is 12.7. The van der Waals surface area contributed by atoms with Gasteiger partial charge >= 0.3 is 0 Å². The molecule has 17 heavy (non-hydrogen) atoms. The fraction of sp³-hybridized carbons (Fsp3) is 0.385. The molecule has 0 heterocycles. The summed E-state index contributed by atoms with van der Waals surface area (Å²) in [6, 6.07) is 7.14. The van der Waals surface area contributed by atoms with Crippen LogP contribution in [0.25, 0.3) is 0 Å². The van der Waals surface area contributed by atoms with E-state index in [1.165, 1.54) is 6.92 Å². The second kappa shape index (κ2) is 6.68. The summed E-state index contributed by atoms with van der Waals surface area (Å²) in [4.78, 5) is 22.2. The molecule has 0 unspecified atom stereocenters. The van der Waals surface area contributed by atoms with Gasteiger partial charge in [0, 0.05) is 18.5 Å². The Bertz CT molecular complexity index is 384. The molecule has 1 rings (SSSR count). The summed E-state index contributed by atoms with van der Waals surface area (Å²) < 4.78 is 5.29. The third-order valence-electron chi connectivity index (χ3n) is 2.15. The lowest BCUT2D eigenvalue weighted by molar-refractivity contribution is -0.121. The Morgan fingerprint density at radius 1 is 1.18 bits per heavy atom. The topological polar surface area (TPSA) is 55.4 Å². The number of rotatable bonds is 6. The molecule has 92 valence electrons. The van der Waals surface area contributed by atoms with Crippen LogP contribution in [0.2, 0.25) is 0 Å². The van der Waals surface area contributed by atoms with E-state index in [9.17, 15) is 9.59 Å². The van der Waals surface area contributed by atoms with Crippen LogP contribution in [0.3, 0.4) is 0 Å². The number of Topliss-reactive ketones (excluding diaryl/α,β-unsaturated/α-hetero) is 1. The van der Waals surface area contributed by atoms with E-state index < -0.39 is 0 Å².